The van der Waals surface area contributed by atoms with Crippen LogP contribution in [-0.4, -0.2) is 37.9 Å². The molecule has 0 bridgehead atoms. The summed E-state index contributed by atoms with van der Waals surface area (Å²) in [4.78, 5) is 6.93. The molecule has 0 saturated heterocycles. The Kier molecular flexibility index (Phi) is 2.84. The van der Waals surface area contributed by atoms with E-state index < -0.39 is 0 Å². The van der Waals surface area contributed by atoms with Crippen molar-refractivity contribution in [3.63, 3.8) is 0 Å². The fraction of sp³-hybridized carbons (Fsp3) is 0.643. The smallest absolute Gasteiger partial charge is 0.232 e. The Balaban J connectivity index is 1.61. The van der Waals surface area contributed by atoms with Crippen LogP contribution in [0.1, 0.15) is 36.2 Å². The zero-order valence-corrected chi connectivity index (χ0v) is 11.7. The maximum atomic E-state index is 5.39. The van der Waals surface area contributed by atoms with Crippen molar-refractivity contribution in [2.45, 2.75) is 38.8 Å². The fourth-order valence-electron chi connectivity index (χ4n) is 2.97. The minimum absolute atomic E-state index is 0.232. The quantitative estimate of drug-likeness (QED) is 0.849. The molecule has 1 aliphatic carbocycles. The van der Waals surface area contributed by atoms with Crippen molar-refractivity contribution < 1.29 is 4.52 Å². The van der Waals surface area contributed by atoms with E-state index in [2.05, 4.69) is 30.9 Å². The molecule has 2 aromatic rings. The Morgan fingerprint density at radius 3 is 3.00 bits per heavy atom. The van der Waals surface area contributed by atoms with Gasteiger partial charge in [-0.3, -0.25) is 9.58 Å². The van der Waals surface area contributed by atoms with Crippen molar-refractivity contribution in [2.24, 2.45) is 5.92 Å². The summed E-state index contributed by atoms with van der Waals surface area (Å²) in [7, 11) is 0. The number of hydrogen-bond acceptors (Lipinski definition) is 5. The first-order chi connectivity index (χ1) is 9.78. The summed E-state index contributed by atoms with van der Waals surface area (Å²) < 4.78 is 7.47. The molecule has 1 unspecified atom stereocenters. The van der Waals surface area contributed by atoms with Gasteiger partial charge in [0, 0.05) is 25.8 Å². The maximum absolute atomic E-state index is 5.39. The van der Waals surface area contributed by atoms with Gasteiger partial charge < -0.3 is 4.52 Å². The number of rotatable bonds is 3. The normalized spacial score (nSPS) is 23.6. The van der Waals surface area contributed by atoms with Crippen LogP contribution < -0.4 is 0 Å². The number of aryl methyl sites for hydroxylation is 1. The van der Waals surface area contributed by atoms with Crippen molar-refractivity contribution >= 4 is 0 Å². The van der Waals surface area contributed by atoms with E-state index in [-0.39, 0.29) is 5.92 Å². The highest BCUT2D eigenvalue weighted by Gasteiger charge is 2.31. The number of aromatic nitrogens is 4. The molecule has 0 aromatic carbocycles. The first-order valence-corrected chi connectivity index (χ1v) is 7.31. The third-order valence-electron chi connectivity index (χ3n) is 4.17. The molecule has 6 heteroatoms. The predicted molar refractivity (Wildman–Crippen MR) is 72.0 cm³/mol. The van der Waals surface area contributed by atoms with Gasteiger partial charge in [-0.15, -0.1) is 0 Å². The number of nitrogens with zero attached hydrogens (tertiary/aromatic N) is 5. The van der Waals surface area contributed by atoms with E-state index >= 15 is 0 Å². The minimum Gasteiger partial charge on any atom is -0.339 e. The van der Waals surface area contributed by atoms with Gasteiger partial charge in [0.05, 0.1) is 18.2 Å². The lowest BCUT2D eigenvalue weighted by atomic mass is 10.1. The molecule has 0 N–H and O–H groups in total. The molecular weight excluding hydrogens is 254 g/mol. The van der Waals surface area contributed by atoms with Gasteiger partial charge in [-0.25, -0.2) is 0 Å². The molecule has 1 atom stereocenters. The molecule has 0 spiro atoms. The highest BCUT2D eigenvalue weighted by Crippen LogP contribution is 2.32. The second kappa shape index (κ2) is 4.70. The van der Waals surface area contributed by atoms with Gasteiger partial charge >= 0.3 is 0 Å². The summed E-state index contributed by atoms with van der Waals surface area (Å²) in [5, 5.41) is 8.36. The van der Waals surface area contributed by atoms with Crippen molar-refractivity contribution in [1.82, 2.24) is 24.8 Å². The zero-order chi connectivity index (χ0) is 13.5. The second-order valence-corrected chi connectivity index (χ2v) is 6.02. The Labute approximate surface area is 117 Å². The van der Waals surface area contributed by atoms with E-state index in [0.29, 0.717) is 5.82 Å². The third kappa shape index (κ3) is 2.35. The highest BCUT2D eigenvalue weighted by atomic mass is 16.5. The van der Waals surface area contributed by atoms with E-state index in [1.54, 1.807) is 0 Å². The summed E-state index contributed by atoms with van der Waals surface area (Å²) in [6.45, 7) is 5.81. The lowest BCUT2D eigenvalue weighted by Crippen LogP contribution is -2.29. The molecule has 3 heterocycles. The van der Waals surface area contributed by atoms with Gasteiger partial charge in [-0.05, 0) is 31.7 Å². The van der Waals surface area contributed by atoms with E-state index in [1.165, 1.54) is 25.1 Å². The monoisotopic (exact) mass is 273 g/mol. The van der Waals surface area contributed by atoms with E-state index in [1.807, 2.05) is 13.1 Å². The molecule has 4 rings (SSSR count). The van der Waals surface area contributed by atoms with E-state index in [4.69, 9.17) is 4.52 Å². The zero-order valence-electron chi connectivity index (χ0n) is 11.7. The summed E-state index contributed by atoms with van der Waals surface area (Å²) in [6, 6.07) is 2.11. The molecule has 1 saturated carbocycles. The standard InChI is InChI=1S/C14H19N5O/c1-10-16-14(20-17-10)12-7-18(6-11-2-3-11)9-13-4-5-15-19(13)8-12/h4-5,11-12H,2-3,6-9H2,1H3. The molecule has 0 radical (unpaired) electrons. The van der Waals surface area contributed by atoms with Crippen LogP contribution in [-0.2, 0) is 13.1 Å². The first kappa shape index (κ1) is 12.1. The Hall–Kier alpha value is -1.69. The predicted octanol–water partition coefficient (Wildman–Crippen LogP) is 1.58. The fourth-order valence-corrected chi connectivity index (χ4v) is 2.97. The molecular formula is C14H19N5O. The minimum atomic E-state index is 0.232. The lowest BCUT2D eigenvalue weighted by molar-refractivity contribution is 0.226. The Morgan fingerprint density at radius 2 is 2.25 bits per heavy atom. The lowest BCUT2D eigenvalue weighted by Gasteiger charge is -2.21. The Morgan fingerprint density at radius 1 is 1.35 bits per heavy atom. The van der Waals surface area contributed by atoms with Crippen molar-refractivity contribution in [2.75, 3.05) is 13.1 Å². The molecule has 2 aliphatic rings. The summed E-state index contributed by atoms with van der Waals surface area (Å²) in [6.07, 6.45) is 4.63. The maximum Gasteiger partial charge on any atom is 0.232 e. The van der Waals surface area contributed by atoms with Crippen LogP contribution in [0.2, 0.25) is 0 Å². The number of fused-ring (bicyclic) bond motifs is 1. The summed E-state index contributed by atoms with van der Waals surface area (Å²) in [5.74, 6) is 2.57. The molecule has 106 valence electrons. The summed E-state index contributed by atoms with van der Waals surface area (Å²) in [5.41, 5.74) is 1.28. The van der Waals surface area contributed by atoms with Gasteiger partial charge in [0.15, 0.2) is 5.82 Å². The summed E-state index contributed by atoms with van der Waals surface area (Å²) >= 11 is 0. The SMILES string of the molecule is Cc1noc(C2CN(CC3CC3)Cc3ccnn3C2)n1. The van der Waals surface area contributed by atoms with Gasteiger partial charge in [0.1, 0.15) is 0 Å². The van der Waals surface area contributed by atoms with Gasteiger partial charge in [0.25, 0.3) is 0 Å². The topological polar surface area (TPSA) is 60.0 Å². The molecule has 2 aromatic heterocycles. The van der Waals surface area contributed by atoms with Crippen LogP contribution in [0.5, 0.6) is 0 Å². The van der Waals surface area contributed by atoms with Crippen molar-refractivity contribution in [1.29, 1.82) is 0 Å². The van der Waals surface area contributed by atoms with Crippen molar-refractivity contribution in [3.05, 3.63) is 29.7 Å². The van der Waals surface area contributed by atoms with Gasteiger partial charge in [-0.1, -0.05) is 5.16 Å². The molecule has 6 nitrogen and oxygen atoms in total. The van der Waals surface area contributed by atoms with Gasteiger partial charge in [-0.2, -0.15) is 10.1 Å². The van der Waals surface area contributed by atoms with Crippen molar-refractivity contribution in [3.8, 4) is 0 Å². The first-order valence-electron chi connectivity index (χ1n) is 7.31. The Bertz CT molecular complexity index is 600. The second-order valence-electron chi connectivity index (χ2n) is 6.02. The number of hydrogen-bond donors (Lipinski definition) is 0. The largest absolute Gasteiger partial charge is 0.339 e. The van der Waals surface area contributed by atoms with Crippen LogP contribution in [0.4, 0.5) is 0 Å². The average molecular weight is 273 g/mol. The van der Waals surface area contributed by atoms with Crippen LogP contribution in [0.15, 0.2) is 16.8 Å². The van der Waals surface area contributed by atoms with Gasteiger partial charge in [0.2, 0.25) is 5.89 Å². The van der Waals surface area contributed by atoms with E-state index in [0.717, 1.165) is 31.4 Å². The average Bonchev–Trinajstić information content (AvgIpc) is 3.02. The molecule has 20 heavy (non-hydrogen) atoms. The van der Waals surface area contributed by atoms with Crippen LogP contribution in [0.25, 0.3) is 0 Å². The molecule has 1 fully saturated rings. The molecule has 1 aliphatic heterocycles. The van der Waals surface area contributed by atoms with Crippen LogP contribution >= 0.6 is 0 Å². The highest BCUT2D eigenvalue weighted by molar-refractivity contribution is 5.06. The third-order valence-corrected chi connectivity index (χ3v) is 4.17. The van der Waals surface area contributed by atoms with Crippen LogP contribution in [0.3, 0.4) is 0 Å². The molecule has 0 amide bonds. The van der Waals surface area contributed by atoms with E-state index in [9.17, 15) is 0 Å². The van der Waals surface area contributed by atoms with Crippen LogP contribution in [0, 0.1) is 12.8 Å².